The number of amides is 1. The van der Waals surface area contributed by atoms with Gasteiger partial charge in [-0.15, -0.1) is 0 Å². The number of carbonyl (C=O) groups excluding carboxylic acids is 1. The Labute approximate surface area is 112 Å². The van der Waals surface area contributed by atoms with Crippen molar-refractivity contribution in [1.82, 2.24) is 0 Å². The molecule has 0 radical (unpaired) electrons. The van der Waals surface area contributed by atoms with Crippen molar-refractivity contribution in [3.63, 3.8) is 0 Å². The molecule has 1 unspecified atom stereocenters. The molecule has 0 bridgehead atoms. The lowest BCUT2D eigenvalue weighted by Gasteiger charge is -2.15. The average Bonchev–Trinajstić information content (AvgIpc) is 2.28. The van der Waals surface area contributed by atoms with Crippen LogP contribution in [-0.4, -0.2) is 11.9 Å². The molecule has 0 heterocycles. The van der Waals surface area contributed by atoms with E-state index in [1.165, 1.54) is 0 Å². The Morgan fingerprint density at radius 3 is 2.78 bits per heavy atom. The van der Waals surface area contributed by atoms with E-state index in [1.54, 1.807) is 18.2 Å². The maximum Gasteiger partial charge on any atom is 0.225 e. The number of rotatable bonds is 4. The second-order valence-corrected chi connectivity index (χ2v) is 4.90. The Kier molecular flexibility index (Phi) is 5.14. The standard InChI is InChI=1S/C13H16ClN3O/c1-8(2)11(16)6-13(18)17-12-5-10(14)4-3-9(12)7-15/h3-5,8,11H,6,16H2,1-2H3,(H,17,18). The van der Waals surface area contributed by atoms with E-state index in [0.717, 1.165) is 0 Å². The molecule has 0 aromatic heterocycles. The fourth-order valence-electron chi connectivity index (χ4n) is 1.37. The van der Waals surface area contributed by atoms with Crippen molar-refractivity contribution in [2.45, 2.75) is 26.3 Å². The number of halogens is 1. The number of nitrogens with two attached hydrogens (primary N) is 1. The maximum atomic E-state index is 11.8. The van der Waals surface area contributed by atoms with Crippen LogP contribution in [0.5, 0.6) is 0 Å². The Bertz CT molecular complexity index is 480. The molecule has 3 N–H and O–H groups in total. The summed E-state index contributed by atoms with van der Waals surface area (Å²) in [6.07, 6.45) is 0.217. The molecule has 4 nitrogen and oxygen atoms in total. The van der Waals surface area contributed by atoms with Crippen molar-refractivity contribution in [1.29, 1.82) is 5.26 Å². The molecule has 1 atom stereocenters. The number of nitrogens with one attached hydrogen (secondary N) is 1. The van der Waals surface area contributed by atoms with Gasteiger partial charge in [0.2, 0.25) is 5.91 Å². The first-order valence-corrected chi connectivity index (χ1v) is 6.07. The fourth-order valence-corrected chi connectivity index (χ4v) is 1.54. The molecule has 1 aromatic rings. The minimum atomic E-state index is -0.213. The lowest BCUT2D eigenvalue weighted by Crippen LogP contribution is -2.31. The highest BCUT2D eigenvalue weighted by molar-refractivity contribution is 6.31. The molecular weight excluding hydrogens is 250 g/mol. The molecular formula is C13H16ClN3O. The molecule has 96 valence electrons. The van der Waals surface area contributed by atoms with Crippen molar-refractivity contribution < 1.29 is 4.79 Å². The normalized spacial score (nSPS) is 12.0. The largest absolute Gasteiger partial charge is 0.327 e. The molecule has 18 heavy (non-hydrogen) atoms. The number of hydrogen-bond donors (Lipinski definition) is 2. The summed E-state index contributed by atoms with van der Waals surface area (Å²) in [6.45, 7) is 3.91. The third-order valence-electron chi connectivity index (χ3n) is 2.65. The zero-order chi connectivity index (χ0) is 13.7. The molecule has 0 aliphatic heterocycles. The SMILES string of the molecule is CC(C)C(N)CC(=O)Nc1cc(Cl)ccc1C#N. The summed E-state index contributed by atoms with van der Waals surface area (Å²) in [4.78, 5) is 11.8. The van der Waals surface area contributed by atoms with E-state index >= 15 is 0 Å². The van der Waals surface area contributed by atoms with Gasteiger partial charge in [-0.05, 0) is 24.1 Å². The predicted molar refractivity (Wildman–Crippen MR) is 72.2 cm³/mol. The van der Waals surface area contributed by atoms with Gasteiger partial charge < -0.3 is 11.1 Å². The summed E-state index contributed by atoms with van der Waals surface area (Å²) in [7, 11) is 0. The molecule has 5 heteroatoms. The molecule has 1 rings (SSSR count). The summed E-state index contributed by atoms with van der Waals surface area (Å²) in [5.41, 5.74) is 6.62. The van der Waals surface area contributed by atoms with Crippen LogP contribution >= 0.6 is 11.6 Å². The van der Waals surface area contributed by atoms with Crippen LogP contribution in [0.15, 0.2) is 18.2 Å². The van der Waals surface area contributed by atoms with Crippen molar-refractivity contribution in [3.05, 3.63) is 28.8 Å². The summed E-state index contributed by atoms with van der Waals surface area (Å²) in [5, 5.41) is 12.1. The average molecular weight is 266 g/mol. The van der Waals surface area contributed by atoms with E-state index in [4.69, 9.17) is 22.6 Å². The van der Waals surface area contributed by atoms with Crippen LogP contribution in [0.1, 0.15) is 25.8 Å². The predicted octanol–water partition coefficient (Wildman–Crippen LogP) is 2.52. The molecule has 0 aliphatic rings. The van der Waals surface area contributed by atoms with E-state index in [9.17, 15) is 4.79 Å². The van der Waals surface area contributed by atoms with Crippen molar-refractivity contribution in [3.8, 4) is 6.07 Å². The first kappa shape index (κ1) is 14.5. The van der Waals surface area contributed by atoms with Gasteiger partial charge in [0, 0.05) is 17.5 Å². The van der Waals surface area contributed by atoms with Gasteiger partial charge >= 0.3 is 0 Å². The van der Waals surface area contributed by atoms with Crippen LogP contribution in [-0.2, 0) is 4.79 Å². The van der Waals surface area contributed by atoms with E-state index in [2.05, 4.69) is 5.32 Å². The Morgan fingerprint density at radius 2 is 2.22 bits per heavy atom. The molecule has 1 amide bonds. The second-order valence-electron chi connectivity index (χ2n) is 4.46. The molecule has 0 saturated carbocycles. The quantitative estimate of drug-likeness (QED) is 0.878. The Morgan fingerprint density at radius 1 is 1.56 bits per heavy atom. The van der Waals surface area contributed by atoms with E-state index in [0.29, 0.717) is 16.3 Å². The van der Waals surface area contributed by atoms with E-state index in [1.807, 2.05) is 19.9 Å². The first-order chi connectivity index (χ1) is 8.43. The zero-order valence-electron chi connectivity index (χ0n) is 10.4. The van der Waals surface area contributed by atoms with Gasteiger partial charge in [-0.25, -0.2) is 0 Å². The number of hydrogen-bond acceptors (Lipinski definition) is 3. The second kappa shape index (κ2) is 6.39. The molecule has 0 saturated heterocycles. The Hall–Kier alpha value is -1.57. The highest BCUT2D eigenvalue weighted by atomic mass is 35.5. The van der Waals surface area contributed by atoms with Crippen molar-refractivity contribution >= 4 is 23.2 Å². The monoisotopic (exact) mass is 265 g/mol. The van der Waals surface area contributed by atoms with Crippen LogP contribution in [0, 0.1) is 17.2 Å². The summed E-state index contributed by atoms with van der Waals surface area (Å²) in [6, 6.07) is 6.53. The molecule has 0 fully saturated rings. The zero-order valence-corrected chi connectivity index (χ0v) is 11.2. The highest BCUT2D eigenvalue weighted by Crippen LogP contribution is 2.20. The third-order valence-corrected chi connectivity index (χ3v) is 2.89. The van der Waals surface area contributed by atoms with Crippen LogP contribution in [0.3, 0.4) is 0 Å². The topological polar surface area (TPSA) is 78.9 Å². The lowest BCUT2D eigenvalue weighted by atomic mass is 10.0. The summed E-state index contributed by atoms with van der Waals surface area (Å²) < 4.78 is 0. The van der Waals surface area contributed by atoms with E-state index in [-0.39, 0.29) is 24.3 Å². The summed E-state index contributed by atoms with van der Waals surface area (Å²) >= 11 is 5.83. The molecule has 0 spiro atoms. The minimum absolute atomic E-state index is 0.199. The number of benzene rings is 1. The van der Waals surface area contributed by atoms with Gasteiger partial charge in [0.15, 0.2) is 0 Å². The maximum absolute atomic E-state index is 11.8. The van der Waals surface area contributed by atoms with Crippen LogP contribution in [0.2, 0.25) is 5.02 Å². The number of nitriles is 1. The smallest absolute Gasteiger partial charge is 0.225 e. The molecule has 1 aromatic carbocycles. The Balaban J connectivity index is 2.76. The van der Waals surface area contributed by atoms with Gasteiger partial charge in [-0.1, -0.05) is 25.4 Å². The van der Waals surface area contributed by atoms with Gasteiger partial charge in [0.25, 0.3) is 0 Å². The van der Waals surface area contributed by atoms with Crippen LogP contribution in [0.25, 0.3) is 0 Å². The van der Waals surface area contributed by atoms with Gasteiger partial charge in [-0.2, -0.15) is 5.26 Å². The van der Waals surface area contributed by atoms with Crippen molar-refractivity contribution in [2.24, 2.45) is 11.7 Å². The van der Waals surface area contributed by atoms with Crippen LogP contribution in [0.4, 0.5) is 5.69 Å². The fraction of sp³-hybridized carbons (Fsp3) is 0.385. The van der Waals surface area contributed by atoms with Crippen LogP contribution < -0.4 is 11.1 Å². The highest BCUT2D eigenvalue weighted by Gasteiger charge is 2.14. The van der Waals surface area contributed by atoms with Gasteiger partial charge in [-0.3, -0.25) is 4.79 Å². The minimum Gasteiger partial charge on any atom is -0.327 e. The number of nitrogens with zero attached hydrogens (tertiary/aromatic N) is 1. The lowest BCUT2D eigenvalue weighted by molar-refractivity contribution is -0.116. The first-order valence-electron chi connectivity index (χ1n) is 5.69. The third kappa shape index (κ3) is 4.02. The number of carbonyl (C=O) groups is 1. The summed E-state index contributed by atoms with van der Waals surface area (Å²) in [5.74, 6) is 0.0144. The number of anilines is 1. The molecule has 0 aliphatic carbocycles. The van der Waals surface area contributed by atoms with E-state index < -0.39 is 0 Å². The van der Waals surface area contributed by atoms with Gasteiger partial charge in [0.1, 0.15) is 6.07 Å². The van der Waals surface area contributed by atoms with Crippen molar-refractivity contribution in [2.75, 3.05) is 5.32 Å². The van der Waals surface area contributed by atoms with Gasteiger partial charge in [0.05, 0.1) is 11.3 Å².